The lowest BCUT2D eigenvalue weighted by Crippen LogP contribution is -2.26. The Morgan fingerprint density at radius 3 is 1.64 bits per heavy atom. The lowest BCUT2D eigenvalue weighted by molar-refractivity contribution is 0.789. The van der Waals surface area contributed by atoms with Crippen LogP contribution in [-0.4, -0.2) is 6.04 Å². The Labute approximate surface area is 167 Å². The maximum atomic E-state index is 2.43. The molecule has 0 aliphatic carbocycles. The molecule has 0 heterocycles. The Balaban J connectivity index is 2.00. The van der Waals surface area contributed by atoms with Gasteiger partial charge in [-0.05, 0) is 48.7 Å². The number of hydrogen-bond acceptors (Lipinski definition) is 1. The molecule has 0 amide bonds. The molecule has 0 unspecified atom stereocenters. The number of anilines is 2. The molecule has 0 aliphatic heterocycles. The summed E-state index contributed by atoms with van der Waals surface area (Å²) >= 11 is 0. The van der Waals surface area contributed by atoms with Crippen LogP contribution in [0.25, 0.3) is 22.3 Å². The summed E-state index contributed by atoms with van der Waals surface area (Å²) in [7, 11) is 0. The molecule has 1 heteroatoms. The monoisotopic (exact) mass is 363 g/mol. The molecule has 1 nitrogen and oxygen atoms in total. The van der Waals surface area contributed by atoms with Crippen LogP contribution < -0.4 is 4.90 Å². The standard InChI is InChI=1S/C27H25N/c1-21(2)28(24-17-10-5-11-18-24)26-20-12-19-25(22-13-6-3-7-14-22)27(26)23-15-8-4-9-16-23/h3-21H,1-2H3. The molecule has 0 saturated carbocycles. The molecule has 28 heavy (non-hydrogen) atoms. The van der Waals surface area contributed by atoms with E-state index in [4.69, 9.17) is 0 Å². The van der Waals surface area contributed by atoms with Gasteiger partial charge in [0.2, 0.25) is 0 Å². The Morgan fingerprint density at radius 2 is 1.07 bits per heavy atom. The van der Waals surface area contributed by atoms with Crippen LogP contribution in [0.4, 0.5) is 11.4 Å². The summed E-state index contributed by atoms with van der Waals surface area (Å²) in [5.41, 5.74) is 7.44. The molecule has 0 bridgehead atoms. The number of benzene rings is 4. The van der Waals surface area contributed by atoms with Gasteiger partial charge in [-0.3, -0.25) is 0 Å². The fourth-order valence-electron chi connectivity index (χ4n) is 3.81. The quantitative estimate of drug-likeness (QED) is 0.353. The summed E-state index contributed by atoms with van der Waals surface area (Å²) in [6.07, 6.45) is 0. The van der Waals surface area contributed by atoms with Crippen LogP contribution in [0.3, 0.4) is 0 Å². The van der Waals surface area contributed by atoms with Gasteiger partial charge >= 0.3 is 0 Å². The van der Waals surface area contributed by atoms with E-state index in [1.54, 1.807) is 0 Å². The largest absolute Gasteiger partial charge is 0.338 e. The van der Waals surface area contributed by atoms with Gasteiger partial charge in [0.05, 0.1) is 0 Å². The van der Waals surface area contributed by atoms with E-state index in [2.05, 4.69) is 128 Å². The minimum atomic E-state index is 0.330. The van der Waals surface area contributed by atoms with Gasteiger partial charge in [-0.1, -0.05) is 91.0 Å². The minimum absolute atomic E-state index is 0.330. The van der Waals surface area contributed by atoms with E-state index < -0.39 is 0 Å². The highest BCUT2D eigenvalue weighted by molar-refractivity contribution is 5.94. The van der Waals surface area contributed by atoms with Gasteiger partial charge in [0.1, 0.15) is 0 Å². The van der Waals surface area contributed by atoms with E-state index in [1.807, 2.05) is 0 Å². The maximum Gasteiger partial charge on any atom is 0.0499 e. The molecule has 0 atom stereocenters. The van der Waals surface area contributed by atoms with Crippen LogP contribution in [0.2, 0.25) is 0 Å². The number of rotatable bonds is 5. The Bertz CT molecular complexity index is 1020. The van der Waals surface area contributed by atoms with E-state index >= 15 is 0 Å². The predicted molar refractivity (Wildman–Crippen MR) is 121 cm³/mol. The van der Waals surface area contributed by atoms with Crippen molar-refractivity contribution in [3.05, 3.63) is 109 Å². The lowest BCUT2D eigenvalue weighted by Gasteiger charge is -2.32. The van der Waals surface area contributed by atoms with Crippen LogP contribution in [0, 0.1) is 0 Å². The smallest absolute Gasteiger partial charge is 0.0499 e. The first-order valence-electron chi connectivity index (χ1n) is 9.84. The second-order valence-corrected chi connectivity index (χ2v) is 7.23. The predicted octanol–water partition coefficient (Wildman–Crippen LogP) is 7.57. The summed E-state index contributed by atoms with van der Waals surface area (Å²) in [4.78, 5) is 2.43. The molecule has 0 fully saturated rings. The van der Waals surface area contributed by atoms with Crippen molar-refractivity contribution < 1.29 is 0 Å². The first kappa shape index (κ1) is 18.1. The fourth-order valence-corrected chi connectivity index (χ4v) is 3.81. The third-order valence-corrected chi connectivity index (χ3v) is 5.00. The third-order valence-electron chi connectivity index (χ3n) is 5.00. The zero-order chi connectivity index (χ0) is 19.3. The SMILES string of the molecule is CC(C)N(c1ccccc1)c1cccc(-c2ccccc2)c1-c1ccccc1. The van der Waals surface area contributed by atoms with Crippen molar-refractivity contribution in [2.24, 2.45) is 0 Å². The van der Waals surface area contributed by atoms with Gasteiger partial charge in [-0.25, -0.2) is 0 Å². The average molecular weight is 364 g/mol. The van der Waals surface area contributed by atoms with Gasteiger partial charge < -0.3 is 4.90 Å². The van der Waals surface area contributed by atoms with Crippen molar-refractivity contribution in [3.8, 4) is 22.3 Å². The highest BCUT2D eigenvalue weighted by Gasteiger charge is 2.20. The van der Waals surface area contributed by atoms with Gasteiger partial charge in [0.15, 0.2) is 0 Å². The zero-order valence-corrected chi connectivity index (χ0v) is 16.4. The van der Waals surface area contributed by atoms with Crippen LogP contribution in [0.5, 0.6) is 0 Å². The molecule has 4 rings (SSSR count). The minimum Gasteiger partial charge on any atom is -0.338 e. The molecule has 0 N–H and O–H groups in total. The molecule has 0 aromatic heterocycles. The first-order chi connectivity index (χ1) is 13.8. The topological polar surface area (TPSA) is 3.24 Å². The molecule has 0 saturated heterocycles. The molecular formula is C27H25N. The van der Waals surface area contributed by atoms with Gasteiger partial charge in [-0.2, -0.15) is 0 Å². The summed E-state index contributed by atoms with van der Waals surface area (Å²) in [6, 6.07) is 39.0. The molecule has 138 valence electrons. The Hall–Kier alpha value is -3.32. The van der Waals surface area contributed by atoms with Crippen LogP contribution in [0.1, 0.15) is 13.8 Å². The first-order valence-corrected chi connectivity index (χ1v) is 9.84. The third kappa shape index (κ3) is 3.57. The van der Waals surface area contributed by atoms with Crippen molar-refractivity contribution in [2.45, 2.75) is 19.9 Å². The van der Waals surface area contributed by atoms with Crippen molar-refractivity contribution >= 4 is 11.4 Å². The second-order valence-electron chi connectivity index (χ2n) is 7.23. The average Bonchev–Trinajstić information content (AvgIpc) is 2.75. The summed E-state index contributed by atoms with van der Waals surface area (Å²) in [5, 5.41) is 0. The zero-order valence-electron chi connectivity index (χ0n) is 16.4. The van der Waals surface area contributed by atoms with Gasteiger partial charge in [0, 0.05) is 23.0 Å². The van der Waals surface area contributed by atoms with E-state index in [0.29, 0.717) is 6.04 Å². The number of para-hydroxylation sites is 1. The number of nitrogens with zero attached hydrogens (tertiary/aromatic N) is 1. The van der Waals surface area contributed by atoms with Crippen molar-refractivity contribution in [2.75, 3.05) is 4.90 Å². The second kappa shape index (κ2) is 8.14. The highest BCUT2D eigenvalue weighted by atomic mass is 15.2. The van der Waals surface area contributed by atoms with Crippen LogP contribution in [0.15, 0.2) is 109 Å². The number of hydrogen-bond donors (Lipinski definition) is 0. The Kier molecular flexibility index (Phi) is 5.25. The Morgan fingerprint density at radius 1 is 0.536 bits per heavy atom. The van der Waals surface area contributed by atoms with E-state index in [9.17, 15) is 0 Å². The molecule has 4 aromatic rings. The fraction of sp³-hybridized carbons (Fsp3) is 0.111. The molecular weight excluding hydrogens is 338 g/mol. The van der Waals surface area contributed by atoms with E-state index in [-0.39, 0.29) is 0 Å². The van der Waals surface area contributed by atoms with Crippen LogP contribution >= 0.6 is 0 Å². The summed E-state index contributed by atoms with van der Waals surface area (Å²) < 4.78 is 0. The van der Waals surface area contributed by atoms with Crippen molar-refractivity contribution in [3.63, 3.8) is 0 Å². The van der Waals surface area contributed by atoms with Crippen molar-refractivity contribution in [1.82, 2.24) is 0 Å². The molecule has 0 radical (unpaired) electrons. The molecule has 4 aromatic carbocycles. The van der Waals surface area contributed by atoms with Crippen LogP contribution in [-0.2, 0) is 0 Å². The van der Waals surface area contributed by atoms with Gasteiger partial charge in [0.25, 0.3) is 0 Å². The molecule has 0 aliphatic rings. The van der Waals surface area contributed by atoms with E-state index in [0.717, 1.165) is 0 Å². The molecule has 0 spiro atoms. The van der Waals surface area contributed by atoms with E-state index in [1.165, 1.54) is 33.6 Å². The van der Waals surface area contributed by atoms with Crippen molar-refractivity contribution in [1.29, 1.82) is 0 Å². The summed E-state index contributed by atoms with van der Waals surface area (Å²) in [5.74, 6) is 0. The highest BCUT2D eigenvalue weighted by Crippen LogP contribution is 2.42. The van der Waals surface area contributed by atoms with Gasteiger partial charge in [-0.15, -0.1) is 0 Å². The summed E-state index contributed by atoms with van der Waals surface area (Å²) in [6.45, 7) is 4.49. The lowest BCUT2D eigenvalue weighted by atomic mass is 9.92. The normalized spacial score (nSPS) is 10.8. The maximum absolute atomic E-state index is 2.43.